The van der Waals surface area contributed by atoms with Crippen molar-refractivity contribution in [2.24, 2.45) is 0 Å². The summed E-state index contributed by atoms with van der Waals surface area (Å²) in [5.41, 5.74) is 6.56. The first-order valence-corrected chi connectivity index (χ1v) is 8.32. The highest BCUT2D eigenvalue weighted by molar-refractivity contribution is 9.10. The molecule has 0 radical (unpaired) electrons. The Labute approximate surface area is 139 Å². The summed E-state index contributed by atoms with van der Waals surface area (Å²) in [4.78, 5) is 2.40. The predicted octanol–water partition coefficient (Wildman–Crippen LogP) is 5.81. The van der Waals surface area contributed by atoms with Crippen molar-refractivity contribution in [3.63, 3.8) is 0 Å². The van der Waals surface area contributed by atoms with Crippen molar-refractivity contribution >= 4 is 27.3 Å². The van der Waals surface area contributed by atoms with Crippen LogP contribution in [-0.2, 0) is 6.42 Å². The van der Waals surface area contributed by atoms with Gasteiger partial charge < -0.3 is 4.90 Å². The number of anilines is 2. The highest BCUT2D eigenvalue weighted by Crippen LogP contribution is 2.35. The average Bonchev–Trinajstić information content (AvgIpc) is 3.00. The van der Waals surface area contributed by atoms with Crippen molar-refractivity contribution in [1.82, 2.24) is 0 Å². The first kappa shape index (κ1) is 13.6. The molecular weight excluding hydrogens is 334 g/mol. The summed E-state index contributed by atoms with van der Waals surface area (Å²) >= 11 is 3.48. The van der Waals surface area contributed by atoms with E-state index < -0.39 is 0 Å². The summed E-state index contributed by atoms with van der Waals surface area (Å²) in [6, 6.07) is 26.0. The number of rotatable bonds is 2. The van der Waals surface area contributed by atoms with Gasteiger partial charge in [-0.25, -0.2) is 0 Å². The SMILES string of the molecule is Brc1ccc(-c2ccc(N3CCc4ccccc43)cc2)cc1. The predicted molar refractivity (Wildman–Crippen MR) is 96.7 cm³/mol. The number of fused-ring (bicyclic) bond motifs is 1. The Balaban J connectivity index is 1.64. The van der Waals surface area contributed by atoms with E-state index in [0.29, 0.717) is 0 Å². The van der Waals surface area contributed by atoms with Crippen LogP contribution in [0.4, 0.5) is 11.4 Å². The summed E-state index contributed by atoms with van der Waals surface area (Å²) in [6.45, 7) is 1.07. The van der Waals surface area contributed by atoms with E-state index in [1.165, 1.54) is 28.1 Å². The van der Waals surface area contributed by atoms with Crippen LogP contribution >= 0.6 is 15.9 Å². The molecule has 1 heterocycles. The van der Waals surface area contributed by atoms with Gasteiger partial charge in [-0.3, -0.25) is 0 Å². The number of benzene rings is 3. The lowest BCUT2D eigenvalue weighted by Gasteiger charge is -2.20. The second kappa shape index (κ2) is 5.62. The minimum absolute atomic E-state index is 1.07. The second-order valence-corrected chi connectivity index (χ2v) is 6.50. The normalized spacial score (nSPS) is 13.2. The average molecular weight is 350 g/mol. The minimum atomic E-state index is 1.07. The molecule has 2 heteroatoms. The van der Waals surface area contributed by atoms with Gasteiger partial charge in [-0.15, -0.1) is 0 Å². The molecule has 0 atom stereocenters. The van der Waals surface area contributed by atoms with Crippen LogP contribution in [0.5, 0.6) is 0 Å². The van der Waals surface area contributed by atoms with Gasteiger partial charge in [0.25, 0.3) is 0 Å². The number of halogens is 1. The molecule has 0 unspecified atom stereocenters. The molecule has 1 aliphatic rings. The molecule has 0 fully saturated rings. The summed E-state index contributed by atoms with van der Waals surface area (Å²) < 4.78 is 1.11. The van der Waals surface area contributed by atoms with Crippen LogP contribution in [0, 0.1) is 0 Å². The first-order chi connectivity index (χ1) is 10.8. The lowest BCUT2D eigenvalue weighted by molar-refractivity contribution is 0.998. The maximum absolute atomic E-state index is 3.48. The summed E-state index contributed by atoms with van der Waals surface area (Å²) in [7, 11) is 0. The molecule has 3 aromatic rings. The molecule has 0 N–H and O–H groups in total. The van der Waals surface area contributed by atoms with Gasteiger partial charge in [-0.1, -0.05) is 58.4 Å². The molecule has 4 rings (SSSR count). The molecule has 108 valence electrons. The van der Waals surface area contributed by atoms with E-state index in [1.54, 1.807) is 0 Å². The van der Waals surface area contributed by atoms with Crippen LogP contribution in [0.15, 0.2) is 77.3 Å². The standard InChI is InChI=1S/C20H16BrN/c21-18-9-5-15(6-10-18)16-7-11-19(12-8-16)22-14-13-17-3-1-2-4-20(17)22/h1-12H,13-14H2. The molecule has 0 aliphatic carbocycles. The fourth-order valence-electron chi connectivity index (χ4n) is 3.08. The van der Waals surface area contributed by atoms with Crippen LogP contribution in [-0.4, -0.2) is 6.54 Å². The quantitative estimate of drug-likeness (QED) is 0.564. The van der Waals surface area contributed by atoms with Gasteiger partial charge >= 0.3 is 0 Å². The molecule has 3 aromatic carbocycles. The fourth-order valence-corrected chi connectivity index (χ4v) is 3.35. The molecule has 1 aliphatic heterocycles. The molecule has 0 saturated carbocycles. The zero-order valence-corrected chi connectivity index (χ0v) is 13.8. The number of hydrogen-bond donors (Lipinski definition) is 0. The van der Waals surface area contributed by atoms with Crippen LogP contribution in [0.3, 0.4) is 0 Å². The van der Waals surface area contributed by atoms with Crippen molar-refractivity contribution in [1.29, 1.82) is 0 Å². The molecule has 1 nitrogen and oxygen atoms in total. The number of nitrogens with zero attached hydrogens (tertiary/aromatic N) is 1. The molecule has 22 heavy (non-hydrogen) atoms. The lowest BCUT2D eigenvalue weighted by Crippen LogP contribution is -2.12. The van der Waals surface area contributed by atoms with Crippen LogP contribution in [0.25, 0.3) is 11.1 Å². The molecular formula is C20H16BrN. The summed E-state index contributed by atoms with van der Waals surface area (Å²) in [6.07, 6.45) is 1.13. The second-order valence-electron chi connectivity index (χ2n) is 5.58. The van der Waals surface area contributed by atoms with E-state index in [1.807, 2.05) is 0 Å². The Kier molecular flexibility index (Phi) is 3.47. The summed E-state index contributed by atoms with van der Waals surface area (Å²) in [5.74, 6) is 0. The molecule has 0 aromatic heterocycles. The van der Waals surface area contributed by atoms with Crippen molar-refractivity contribution in [3.05, 3.63) is 82.8 Å². The lowest BCUT2D eigenvalue weighted by atomic mass is 10.1. The summed E-state index contributed by atoms with van der Waals surface area (Å²) in [5, 5.41) is 0. The van der Waals surface area contributed by atoms with Gasteiger partial charge in [-0.05, 0) is 53.4 Å². The zero-order chi connectivity index (χ0) is 14.9. The fraction of sp³-hybridized carbons (Fsp3) is 0.100. The highest BCUT2D eigenvalue weighted by Gasteiger charge is 2.19. The van der Waals surface area contributed by atoms with Gasteiger partial charge in [0, 0.05) is 22.4 Å². The molecule has 0 amide bonds. The Morgan fingerprint density at radius 3 is 2.09 bits per heavy atom. The van der Waals surface area contributed by atoms with E-state index in [9.17, 15) is 0 Å². The number of para-hydroxylation sites is 1. The van der Waals surface area contributed by atoms with Crippen molar-refractivity contribution < 1.29 is 0 Å². The third kappa shape index (κ3) is 2.44. The minimum Gasteiger partial charge on any atom is -0.341 e. The van der Waals surface area contributed by atoms with E-state index in [2.05, 4.69) is 93.6 Å². The van der Waals surface area contributed by atoms with Gasteiger partial charge in [0.05, 0.1) is 0 Å². The van der Waals surface area contributed by atoms with E-state index in [0.717, 1.165) is 17.4 Å². The maximum atomic E-state index is 3.48. The third-order valence-corrected chi connectivity index (χ3v) is 4.77. The van der Waals surface area contributed by atoms with E-state index in [4.69, 9.17) is 0 Å². The van der Waals surface area contributed by atoms with E-state index >= 15 is 0 Å². The van der Waals surface area contributed by atoms with Gasteiger partial charge in [0.1, 0.15) is 0 Å². The van der Waals surface area contributed by atoms with Gasteiger partial charge in [0.2, 0.25) is 0 Å². The van der Waals surface area contributed by atoms with Gasteiger partial charge in [0.15, 0.2) is 0 Å². The van der Waals surface area contributed by atoms with Crippen molar-refractivity contribution in [2.45, 2.75) is 6.42 Å². The Hall–Kier alpha value is -2.06. The Morgan fingerprint density at radius 2 is 1.36 bits per heavy atom. The van der Waals surface area contributed by atoms with Crippen molar-refractivity contribution in [3.8, 4) is 11.1 Å². The molecule has 0 saturated heterocycles. The third-order valence-electron chi connectivity index (χ3n) is 4.24. The Bertz CT molecular complexity index is 791. The largest absolute Gasteiger partial charge is 0.341 e. The topological polar surface area (TPSA) is 3.24 Å². The Morgan fingerprint density at radius 1 is 0.727 bits per heavy atom. The van der Waals surface area contributed by atoms with Crippen molar-refractivity contribution in [2.75, 3.05) is 11.4 Å². The van der Waals surface area contributed by atoms with E-state index in [-0.39, 0.29) is 0 Å². The smallest absolute Gasteiger partial charge is 0.0444 e. The van der Waals surface area contributed by atoms with Gasteiger partial charge in [-0.2, -0.15) is 0 Å². The maximum Gasteiger partial charge on any atom is 0.0444 e. The van der Waals surface area contributed by atoms with Crippen LogP contribution in [0.2, 0.25) is 0 Å². The van der Waals surface area contributed by atoms with Crippen LogP contribution < -0.4 is 4.90 Å². The highest BCUT2D eigenvalue weighted by atomic mass is 79.9. The molecule has 0 spiro atoms. The first-order valence-electron chi connectivity index (χ1n) is 7.53. The zero-order valence-electron chi connectivity index (χ0n) is 12.2. The monoisotopic (exact) mass is 349 g/mol. The molecule has 0 bridgehead atoms. The van der Waals surface area contributed by atoms with Crippen LogP contribution in [0.1, 0.15) is 5.56 Å². The number of hydrogen-bond acceptors (Lipinski definition) is 1.